The molecule has 5 heteroatoms. The van der Waals surface area contributed by atoms with Crippen LogP contribution in [0.25, 0.3) is 45.1 Å². The molecule has 0 spiro atoms. The Kier molecular flexibility index (Phi) is 4.71. The lowest BCUT2D eigenvalue weighted by atomic mass is 10.3. The van der Waals surface area contributed by atoms with Crippen molar-refractivity contribution in [2.24, 2.45) is 0 Å². The first kappa shape index (κ1) is 17.3. The fourth-order valence-electron chi connectivity index (χ4n) is 2.82. The van der Waals surface area contributed by atoms with Gasteiger partial charge < -0.3 is 0 Å². The van der Waals surface area contributed by atoms with Crippen molar-refractivity contribution < 1.29 is 0 Å². The van der Waals surface area contributed by atoms with Crippen molar-refractivity contribution in [1.29, 1.82) is 0 Å². The van der Waals surface area contributed by atoms with Crippen LogP contribution in [0.5, 0.6) is 0 Å². The fourth-order valence-corrected chi connectivity index (χ4v) is 7.80. The predicted octanol–water partition coefficient (Wildman–Crippen LogP) is 9.31. The van der Waals surface area contributed by atoms with Crippen LogP contribution in [0.15, 0.2) is 72.6 Å². The summed E-state index contributed by atoms with van der Waals surface area (Å²) < 4.78 is 0. The molecule has 27 heavy (non-hydrogen) atoms. The molecule has 132 valence electrons. The molecule has 0 aliphatic carbocycles. The Morgan fingerprint density at radius 1 is 0.519 bits per heavy atom. The Labute approximate surface area is 178 Å². The molecule has 0 nitrogen and oxygen atoms in total. The summed E-state index contributed by atoms with van der Waals surface area (Å²) in [6.07, 6.45) is 1.92. The van der Waals surface area contributed by atoms with E-state index in [-0.39, 0.29) is 0 Å². The normalized spacial score (nSPS) is 11.1. The van der Waals surface area contributed by atoms with Gasteiger partial charge in [0.05, 0.1) is 0 Å². The SMILES string of the molecule is C=Cc1ccc(-c2ccc(-c3ccc(-c4ccc(-c5cccs5)s4)s3)s2)s1. The van der Waals surface area contributed by atoms with Gasteiger partial charge in [0, 0.05) is 43.9 Å². The third-order valence-electron chi connectivity index (χ3n) is 4.14. The molecule has 5 aromatic rings. The number of rotatable bonds is 5. The van der Waals surface area contributed by atoms with Gasteiger partial charge in [-0.2, -0.15) is 0 Å². The van der Waals surface area contributed by atoms with Crippen molar-refractivity contribution in [2.45, 2.75) is 0 Å². The van der Waals surface area contributed by atoms with E-state index in [0.717, 1.165) is 0 Å². The highest BCUT2D eigenvalue weighted by Gasteiger charge is 2.12. The maximum atomic E-state index is 3.86. The molecule has 0 bridgehead atoms. The van der Waals surface area contributed by atoms with Crippen molar-refractivity contribution in [2.75, 3.05) is 0 Å². The third-order valence-corrected chi connectivity index (χ3v) is 10.1. The molecule has 0 amide bonds. The molecule has 0 fully saturated rings. The molecular formula is C22H14S5. The van der Waals surface area contributed by atoms with E-state index in [1.54, 1.807) is 22.7 Å². The highest BCUT2D eigenvalue weighted by atomic mass is 32.1. The fraction of sp³-hybridized carbons (Fsp3) is 0. The Hall–Kier alpha value is -1.76. The second-order valence-corrected chi connectivity index (χ2v) is 11.2. The van der Waals surface area contributed by atoms with Gasteiger partial charge in [-0.1, -0.05) is 18.7 Å². The summed E-state index contributed by atoms with van der Waals surface area (Å²) in [5, 5.41) is 2.14. The molecule has 0 saturated heterocycles. The zero-order chi connectivity index (χ0) is 18.2. The molecule has 0 unspecified atom stereocenters. The summed E-state index contributed by atoms with van der Waals surface area (Å²) in [5.41, 5.74) is 0. The zero-order valence-corrected chi connectivity index (χ0v) is 18.3. The van der Waals surface area contributed by atoms with Crippen LogP contribution in [0.3, 0.4) is 0 Å². The Morgan fingerprint density at radius 3 is 1.37 bits per heavy atom. The van der Waals surface area contributed by atoms with Gasteiger partial charge in [0.2, 0.25) is 0 Å². The van der Waals surface area contributed by atoms with Crippen molar-refractivity contribution in [3.05, 3.63) is 77.5 Å². The molecule has 0 radical (unpaired) electrons. The van der Waals surface area contributed by atoms with Crippen LogP contribution in [0, 0.1) is 0 Å². The second-order valence-electron chi connectivity index (χ2n) is 5.88. The standard InChI is InChI=1S/C22H14S5/c1-2-14-5-6-17(24-14)18-9-10-21(26-18)22-12-11-20(27-22)19-8-7-16(25-19)15-4-3-13-23-15/h2-13H,1H2. The van der Waals surface area contributed by atoms with E-state index >= 15 is 0 Å². The highest BCUT2D eigenvalue weighted by Crippen LogP contribution is 2.44. The zero-order valence-electron chi connectivity index (χ0n) is 14.2. The summed E-state index contributed by atoms with van der Waals surface area (Å²) in [5.74, 6) is 0. The lowest BCUT2D eigenvalue weighted by Crippen LogP contribution is -1.58. The quantitative estimate of drug-likeness (QED) is 0.256. The van der Waals surface area contributed by atoms with Crippen LogP contribution in [-0.2, 0) is 0 Å². The van der Waals surface area contributed by atoms with E-state index < -0.39 is 0 Å². The van der Waals surface area contributed by atoms with Gasteiger partial charge >= 0.3 is 0 Å². The second kappa shape index (κ2) is 7.34. The van der Waals surface area contributed by atoms with Crippen molar-refractivity contribution >= 4 is 62.8 Å². The molecule has 5 heterocycles. The Bertz CT molecular complexity index is 1190. The Balaban J connectivity index is 1.42. The molecule has 0 aliphatic rings. The monoisotopic (exact) mass is 438 g/mol. The molecule has 5 rings (SSSR count). The topological polar surface area (TPSA) is 0 Å². The minimum atomic E-state index is 1.22. The Morgan fingerprint density at radius 2 is 0.963 bits per heavy atom. The summed E-state index contributed by atoms with van der Waals surface area (Å²) in [4.78, 5) is 11.9. The lowest BCUT2D eigenvalue weighted by molar-refractivity contribution is 1.89. The van der Waals surface area contributed by atoms with E-state index in [0.29, 0.717) is 0 Å². The van der Waals surface area contributed by atoms with Gasteiger partial charge in [-0.3, -0.25) is 0 Å². The first-order valence-corrected chi connectivity index (χ1v) is 12.5. The van der Waals surface area contributed by atoms with Gasteiger partial charge in [0.15, 0.2) is 0 Å². The molecule has 0 N–H and O–H groups in total. The molecule has 5 aromatic heterocycles. The maximum absolute atomic E-state index is 3.86. The summed E-state index contributed by atoms with van der Waals surface area (Å²) >= 11 is 9.22. The summed E-state index contributed by atoms with van der Waals surface area (Å²) in [6.45, 7) is 3.86. The van der Waals surface area contributed by atoms with E-state index in [1.807, 2.05) is 40.1 Å². The maximum Gasteiger partial charge on any atom is 0.0449 e. The van der Waals surface area contributed by atoms with Crippen LogP contribution in [0.1, 0.15) is 4.88 Å². The lowest BCUT2D eigenvalue weighted by Gasteiger charge is -1.92. The third kappa shape index (κ3) is 3.42. The van der Waals surface area contributed by atoms with Crippen LogP contribution in [0.2, 0.25) is 0 Å². The average molecular weight is 439 g/mol. The molecule has 0 saturated carbocycles. The molecule has 0 aliphatic heterocycles. The van der Waals surface area contributed by atoms with Gasteiger partial charge in [-0.05, 0) is 60.0 Å². The van der Waals surface area contributed by atoms with E-state index in [1.165, 1.54) is 43.9 Å². The number of hydrogen-bond donors (Lipinski definition) is 0. The van der Waals surface area contributed by atoms with Gasteiger partial charge in [-0.25, -0.2) is 0 Å². The molecule has 0 aromatic carbocycles. The van der Waals surface area contributed by atoms with Crippen LogP contribution >= 0.6 is 56.7 Å². The van der Waals surface area contributed by atoms with Crippen molar-refractivity contribution in [3.63, 3.8) is 0 Å². The summed E-state index contributed by atoms with van der Waals surface area (Å²) in [6, 6.07) is 22.1. The highest BCUT2D eigenvalue weighted by molar-refractivity contribution is 7.29. The molecule has 0 atom stereocenters. The van der Waals surface area contributed by atoms with Crippen LogP contribution in [-0.4, -0.2) is 0 Å². The van der Waals surface area contributed by atoms with Crippen LogP contribution in [0.4, 0.5) is 0 Å². The minimum Gasteiger partial charge on any atom is -0.143 e. The van der Waals surface area contributed by atoms with E-state index in [4.69, 9.17) is 0 Å². The minimum absolute atomic E-state index is 1.22. The van der Waals surface area contributed by atoms with Gasteiger partial charge in [0.1, 0.15) is 0 Å². The summed E-state index contributed by atoms with van der Waals surface area (Å²) in [7, 11) is 0. The van der Waals surface area contributed by atoms with Gasteiger partial charge in [-0.15, -0.1) is 56.7 Å². The van der Waals surface area contributed by atoms with Crippen molar-refractivity contribution in [3.8, 4) is 39.0 Å². The first-order valence-electron chi connectivity index (χ1n) is 8.37. The average Bonchev–Trinajstić information content (AvgIpc) is 3.51. The van der Waals surface area contributed by atoms with Crippen molar-refractivity contribution in [1.82, 2.24) is 0 Å². The van der Waals surface area contributed by atoms with Crippen LogP contribution < -0.4 is 0 Å². The van der Waals surface area contributed by atoms with E-state index in [9.17, 15) is 0 Å². The largest absolute Gasteiger partial charge is 0.143 e. The predicted molar refractivity (Wildman–Crippen MR) is 128 cm³/mol. The smallest absolute Gasteiger partial charge is 0.0449 e. The number of hydrogen-bond acceptors (Lipinski definition) is 5. The first-order chi connectivity index (χ1) is 13.3. The molecular weight excluding hydrogens is 425 g/mol. The van der Waals surface area contributed by atoms with E-state index in [2.05, 4.69) is 72.6 Å². The number of thiophene rings is 5. The van der Waals surface area contributed by atoms with Gasteiger partial charge in [0.25, 0.3) is 0 Å².